The predicted octanol–water partition coefficient (Wildman–Crippen LogP) is 8.90. The van der Waals surface area contributed by atoms with E-state index in [0.29, 0.717) is 28.7 Å². The lowest BCUT2D eigenvalue weighted by atomic mass is 9.44. The summed E-state index contributed by atoms with van der Waals surface area (Å²) in [7, 11) is -3.95. The van der Waals surface area contributed by atoms with Crippen LogP contribution in [0.1, 0.15) is 117 Å². The summed E-state index contributed by atoms with van der Waals surface area (Å²) < 4.78 is 33.2. The molecule has 5 heteroatoms. The number of aryl methyl sites for hydroxylation is 1. The predicted molar refractivity (Wildman–Crippen MR) is 158 cm³/mol. The molecule has 5 rings (SSSR count). The van der Waals surface area contributed by atoms with Crippen molar-refractivity contribution in [3.63, 3.8) is 0 Å². The fourth-order valence-corrected chi connectivity index (χ4v) is 11.6. The molecule has 39 heavy (non-hydrogen) atoms. The monoisotopic (exact) mass is 558 g/mol. The Morgan fingerprint density at radius 1 is 0.974 bits per heavy atom. The highest BCUT2D eigenvalue weighted by Crippen LogP contribution is 2.68. The van der Waals surface area contributed by atoms with Crippen LogP contribution in [0.4, 0.5) is 0 Å². The molecular formula is C34H54O4S. The topological polar surface area (TPSA) is 63.6 Å². The van der Waals surface area contributed by atoms with Gasteiger partial charge in [0, 0.05) is 11.5 Å². The van der Waals surface area contributed by atoms with Crippen molar-refractivity contribution in [2.45, 2.75) is 130 Å². The molecule has 0 heterocycles. The fourth-order valence-electron chi connectivity index (χ4n) is 10.4. The van der Waals surface area contributed by atoms with Crippen molar-refractivity contribution in [3.05, 3.63) is 23.8 Å². The zero-order chi connectivity index (χ0) is 28.2. The van der Waals surface area contributed by atoms with E-state index < -0.39 is 10.1 Å². The van der Waals surface area contributed by atoms with Gasteiger partial charge in [-0.3, -0.25) is 4.18 Å². The Hall–Kier alpha value is -1.07. The van der Waals surface area contributed by atoms with E-state index in [-0.39, 0.29) is 22.2 Å². The lowest BCUT2D eigenvalue weighted by Gasteiger charge is -2.62. The molecule has 4 aliphatic rings. The molecule has 0 spiro atoms. The smallest absolute Gasteiger partial charge is 0.297 e. The normalized spacial score (nSPS) is 39.2. The van der Waals surface area contributed by atoms with Gasteiger partial charge >= 0.3 is 0 Å². The van der Waals surface area contributed by atoms with Crippen LogP contribution in [0.15, 0.2) is 23.1 Å². The van der Waals surface area contributed by atoms with Crippen LogP contribution in [-0.2, 0) is 14.3 Å². The minimum Gasteiger partial charge on any atom is -0.508 e. The maximum Gasteiger partial charge on any atom is 0.297 e. The van der Waals surface area contributed by atoms with Crippen LogP contribution in [0, 0.1) is 59.2 Å². The largest absolute Gasteiger partial charge is 0.508 e. The van der Waals surface area contributed by atoms with Gasteiger partial charge in [-0.05, 0) is 117 Å². The van der Waals surface area contributed by atoms with E-state index in [1.54, 1.807) is 19.1 Å². The number of fused-ring (bicyclic) bond motifs is 5. The molecule has 1 N–H and O–H groups in total. The zero-order valence-corrected chi connectivity index (χ0v) is 26.2. The van der Waals surface area contributed by atoms with Gasteiger partial charge in [0.25, 0.3) is 10.1 Å². The van der Waals surface area contributed by atoms with Crippen LogP contribution in [0.25, 0.3) is 0 Å². The quantitative estimate of drug-likeness (QED) is 0.324. The summed E-state index contributed by atoms with van der Waals surface area (Å²) in [5.74, 6) is 4.95. The molecule has 1 aromatic rings. The lowest BCUT2D eigenvalue weighted by molar-refractivity contribution is -0.156. The molecule has 9 atom stereocenters. The number of hydrogen-bond donors (Lipinski definition) is 1. The number of phenols is 1. The molecule has 4 saturated carbocycles. The number of aromatic hydroxyl groups is 1. The Balaban J connectivity index is 1.36. The maximum atomic E-state index is 13.5. The highest BCUT2D eigenvalue weighted by atomic mass is 32.2. The highest BCUT2D eigenvalue weighted by molar-refractivity contribution is 7.86. The van der Waals surface area contributed by atoms with Crippen molar-refractivity contribution in [1.29, 1.82) is 0 Å². The summed E-state index contributed by atoms with van der Waals surface area (Å²) >= 11 is 0. The molecule has 0 aromatic heterocycles. The van der Waals surface area contributed by atoms with Gasteiger partial charge in [0.05, 0.1) is 11.0 Å². The molecule has 0 aliphatic heterocycles. The third-order valence-corrected chi connectivity index (χ3v) is 13.9. The average molecular weight is 559 g/mol. The minimum atomic E-state index is -3.95. The second-order valence-corrected chi connectivity index (χ2v) is 16.5. The number of benzene rings is 1. The molecule has 0 amide bonds. The first-order chi connectivity index (χ1) is 18.4. The van der Waals surface area contributed by atoms with Crippen LogP contribution >= 0.6 is 0 Å². The van der Waals surface area contributed by atoms with E-state index >= 15 is 0 Å². The van der Waals surface area contributed by atoms with Crippen molar-refractivity contribution in [2.24, 2.45) is 52.3 Å². The first kappa shape index (κ1) is 29.4. The third kappa shape index (κ3) is 5.22. The number of phenolic OH excluding ortho intramolecular Hbond substituents is 1. The Morgan fingerprint density at radius 3 is 2.46 bits per heavy atom. The maximum absolute atomic E-state index is 13.5. The van der Waals surface area contributed by atoms with Crippen molar-refractivity contribution in [3.8, 4) is 5.75 Å². The summed E-state index contributed by atoms with van der Waals surface area (Å²) in [4.78, 5) is 0.0741. The molecule has 0 bridgehead atoms. The lowest BCUT2D eigenvalue weighted by Crippen LogP contribution is -2.58. The average Bonchev–Trinajstić information content (AvgIpc) is 3.23. The summed E-state index contributed by atoms with van der Waals surface area (Å²) in [5, 5.41) is 10.2. The first-order valence-corrected chi connectivity index (χ1v) is 17.5. The van der Waals surface area contributed by atoms with Crippen LogP contribution in [-0.4, -0.2) is 19.6 Å². The van der Waals surface area contributed by atoms with E-state index in [1.807, 2.05) is 0 Å². The second kappa shape index (κ2) is 11.0. The van der Waals surface area contributed by atoms with Crippen LogP contribution in [0.5, 0.6) is 5.75 Å². The SMILES string of the molecule is Cc1ccc(S(=O)(=O)OC2CCCC3CC[C@@H]4[C@H](CC[C@]5(C)[C@@H]([C@H](C)CCCC(C)C)CC[C@@H]45)[C@]32C)cc1O. The highest BCUT2D eigenvalue weighted by Gasteiger charge is 2.62. The van der Waals surface area contributed by atoms with Crippen LogP contribution in [0.3, 0.4) is 0 Å². The van der Waals surface area contributed by atoms with Crippen LogP contribution in [0.2, 0.25) is 0 Å². The van der Waals surface area contributed by atoms with Gasteiger partial charge in [0.2, 0.25) is 0 Å². The van der Waals surface area contributed by atoms with E-state index in [4.69, 9.17) is 4.18 Å². The van der Waals surface area contributed by atoms with Crippen molar-refractivity contribution < 1.29 is 17.7 Å². The Bertz CT molecular complexity index is 1130. The van der Waals surface area contributed by atoms with Gasteiger partial charge in [-0.15, -0.1) is 0 Å². The van der Waals surface area contributed by atoms with Crippen LogP contribution < -0.4 is 0 Å². The Labute approximate surface area is 238 Å². The molecule has 0 saturated heterocycles. The summed E-state index contributed by atoms with van der Waals surface area (Å²) in [6.45, 7) is 14.0. The second-order valence-electron chi connectivity index (χ2n) is 15.0. The molecule has 2 unspecified atom stereocenters. The minimum absolute atomic E-state index is 0.00549. The third-order valence-electron chi connectivity index (χ3n) is 12.6. The van der Waals surface area contributed by atoms with E-state index in [1.165, 1.54) is 70.3 Å². The van der Waals surface area contributed by atoms with Crippen molar-refractivity contribution in [2.75, 3.05) is 0 Å². The zero-order valence-electron chi connectivity index (χ0n) is 25.4. The number of rotatable bonds is 8. The molecular weight excluding hydrogens is 504 g/mol. The first-order valence-electron chi connectivity index (χ1n) is 16.1. The number of hydrogen-bond acceptors (Lipinski definition) is 4. The summed E-state index contributed by atoms with van der Waals surface area (Å²) in [6, 6.07) is 4.59. The Morgan fingerprint density at radius 2 is 1.74 bits per heavy atom. The summed E-state index contributed by atoms with van der Waals surface area (Å²) in [5.41, 5.74) is 0.990. The van der Waals surface area contributed by atoms with Crippen molar-refractivity contribution in [1.82, 2.24) is 0 Å². The Kier molecular flexibility index (Phi) is 8.27. The molecule has 4 nitrogen and oxygen atoms in total. The molecule has 4 fully saturated rings. The molecule has 220 valence electrons. The summed E-state index contributed by atoms with van der Waals surface area (Å²) in [6.07, 6.45) is 14.6. The molecule has 0 radical (unpaired) electrons. The van der Waals surface area contributed by atoms with Gasteiger partial charge < -0.3 is 5.11 Å². The van der Waals surface area contributed by atoms with Crippen molar-refractivity contribution >= 4 is 10.1 Å². The van der Waals surface area contributed by atoms with E-state index in [0.717, 1.165) is 36.5 Å². The van der Waals surface area contributed by atoms with Gasteiger partial charge in [-0.25, -0.2) is 0 Å². The van der Waals surface area contributed by atoms with E-state index in [9.17, 15) is 13.5 Å². The van der Waals surface area contributed by atoms with Gasteiger partial charge in [-0.1, -0.05) is 66.4 Å². The molecule has 1 aromatic carbocycles. The van der Waals surface area contributed by atoms with Gasteiger partial charge in [0.1, 0.15) is 5.75 Å². The van der Waals surface area contributed by atoms with Gasteiger partial charge in [-0.2, -0.15) is 8.42 Å². The molecule has 4 aliphatic carbocycles. The van der Waals surface area contributed by atoms with Gasteiger partial charge in [0.15, 0.2) is 0 Å². The fraction of sp³-hybridized carbons (Fsp3) is 0.824. The van der Waals surface area contributed by atoms with E-state index in [2.05, 4.69) is 34.6 Å². The standard InChI is InChI=1S/C34H54O4S/c1-22(2)9-7-10-23(3)28-17-18-29-27-16-14-25-11-8-12-32(34(25,6)30(27)19-20-33(28,29)5)38-39(36,37)26-15-13-24(4)31(35)21-26/h13,15,21-23,25,27-30,32,35H,7-12,14,16-20H2,1-6H3/t23-,25?,27+,28-,29+,30+,32?,33-,34+/m1/s1.